The summed E-state index contributed by atoms with van der Waals surface area (Å²) in [5, 5.41) is 15.3. The molecule has 27 heavy (non-hydrogen) atoms. The van der Waals surface area contributed by atoms with Crippen molar-refractivity contribution in [2.24, 2.45) is 4.99 Å². The number of hydrogen-bond acceptors (Lipinski definition) is 3. The number of hydrogen-bond donors (Lipinski definition) is 2. The second kappa shape index (κ2) is 9.20. The van der Waals surface area contributed by atoms with E-state index in [4.69, 9.17) is 5.26 Å². The number of aromatic nitrogens is 2. The second-order valence-electron chi connectivity index (χ2n) is 6.14. The third-order valence-corrected chi connectivity index (χ3v) is 4.21. The molecule has 0 unspecified atom stereocenters. The van der Waals surface area contributed by atoms with E-state index in [9.17, 15) is 0 Å². The number of benzene rings is 2. The van der Waals surface area contributed by atoms with Crippen LogP contribution < -0.4 is 10.6 Å². The van der Waals surface area contributed by atoms with Crippen LogP contribution in [0.15, 0.2) is 72.1 Å². The van der Waals surface area contributed by atoms with Crippen LogP contribution in [0.3, 0.4) is 0 Å². The molecule has 0 saturated heterocycles. The summed E-state index contributed by atoms with van der Waals surface area (Å²) in [6.45, 7) is 3.60. The van der Waals surface area contributed by atoms with Crippen LogP contribution >= 0.6 is 0 Å². The monoisotopic (exact) mass is 358 g/mol. The summed E-state index contributed by atoms with van der Waals surface area (Å²) >= 11 is 0. The SMILES string of the molecule is Cc1cncn1CCCN/C(=N\C#N)Nc1ccc(-c2ccccc2)cc1. The zero-order chi connectivity index (χ0) is 18.9. The van der Waals surface area contributed by atoms with Crippen LogP contribution in [0.1, 0.15) is 12.1 Å². The molecule has 0 radical (unpaired) electrons. The molecule has 2 N–H and O–H groups in total. The zero-order valence-corrected chi connectivity index (χ0v) is 15.3. The second-order valence-corrected chi connectivity index (χ2v) is 6.14. The van der Waals surface area contributed by atoms with Crippen molar-refractivity contribution >= 4 is 11.6 Å². The standard InChI is InChI=1S/C21H22N6/c1-17-14-23-16-27(17)13-5-12-24-21(25-15-22)26-20-10-8-19(9-11-20)18-6-3-2-4-7-18/h2-4,6-11,14,16H,5,12-13H2,1H3,(H2,24,25,26). The molecule has 3 aromatic rings. The minimum absolute atomic E-state index is 0.451. The van der Waals surface area contributed by atoms with E-state index in [1.54, 1.807) is 0 Å². The van der Waals surface area contributed by atoms with E-state index in [1.807, 2.05) is 68.1 Å². The van der Waals surface area contributed by atoms with Crippen molar-refractivity contribution in [1.82, 2.24) is 14.9 Å². The molecule has 6 nitrogen and oxygen atoms in total. The summed E-state index contributed by atoms with van der Waals surface area (Å²) in [5.74, 6) is 0.451. The molecule has 0 bridgehead atoms. The molecule has 1 heterocycles. The van der Waals surface area contributed by atoms with E-state index < -0.39 is 0 Å². The maximum atomic E-state index is 8.92. The van der Waals surface area contributed by atoms with E-state index >= 15 is 0 Å². The van der Waals surface area contributed by atoms with Gasteiger partial charge in [-0.25, -0.2) is 4.98 Å². The van der Waals surface area contributed by atoms with Crippen LogP contribution in [0.5, 0.6) is 0 Å². The Labute approximate surface area is 159 Å². The largest absolute Gasteiger partial charge is 0.355 e. The van der Waals surface area contributed by atoms with E-state index in [0.717, 1.165) is 29.9 Å². The number of rotatable bonds is 6. The van der Waals surface area contributed by atoms with Crippen LogP contribution in [0, 0.1) is 18.4 Å². The van der Waals surface area contributed by atoms with Crippen molar-refractivity contribution in [3.05, 3.63) is 72.8 Å². The smallest absolute Gasteiger partial charge is 0.211 e. The van der Waals surface area contributed by atoms with Crippen LogP contribution in [-0.4, -0.2) is 22.1 Å². The van der Waals surface area contributed by atoms with Crippen LogP contribution in [0.25, 0.3) is 11.1 Å². The topological polar surface area (TPSA) is 78.0 Å². The van der Waals surface area contributed by atoms with Gasteiger partial charge in [0.1, 0.15) is 0 Å². The Morgan fingerprint density at radius 1 is 1.11 bits per heavy atom. The van der Waals surface area contributed by atoms with Gasteiger partial charge in [-0.2, -0.15) is 5.26 Å². The van der Waals surface area contributed by atoms with Gasteiger partial charge in [-0.1, -0.05) is 42.5 Å². The Kier molecular flexibility index (Phi) is 6.21. The highest BCUT2D eigenvalue weighted by molar-refractivity contribution is 5.94. The van der Waals surface area contributed by atoms with Gasteiger partial charge in [-0.15, -0.1) is 4.99 Å². The van der Waals surface area contributed by atoms with Crippen molar-refractivity contribution in [1.29, 1.82) is 5.26 Å². The number of guanidine groups is 1. The van der Waals surface area contributed by atoms with Crippen molar-refractivity contribution in [2.75, 3.05) is 11.9 Å². The molecular weight excluding hydrogens is 336 g/mol. The Hall–Kier alpha value is -3.59. The lowest BCUT2D eigenvalue weighted by atomic mass is 10.1. The van der Waals surface area contributed by atoms with Crippen molar-refractivity contribution in [3.63, 3.8) is 0 Å². The Balaban J connectivity index is 1.54. The molecule has 1 aromatic heterocycles. The fraction of sp³-hybridized carbons (Fsp3) is 0.190. The fourth-order valence-corrected chi connectivity index (χ4v) is 2.75. The number of imidazole rings is 1. The Morgan fingerprint density at radius 2 is 1.85 bits per heavy atom. The van der Waals surface area contributed by atoms with E-state index in [-0.39, 0.29) is 0 Å². The average Bonchev–Trinajstić information content (AvgIpc) is 3.11. The van der Waals surface area contributed by atoms with E-state index in [2.05, 4.69) is 37.3 Å². The molecule has 0 spiro atoms. The van der Waals surface area contributed by atoms with Gasteiger partial charge in [-0.05, 0) is 36.6 Å². The maximum Gasteiger partial charge on any atom is 0.211 e. The molecule has 0 aliphatic carbocycles. The first kappa shape index (κ1) is 18.2. The number of nitriles is 1. The van der Waals surface area contributed by atoms with Gasteiger partial charge in [0.2, 0.25) is 12.2 Å². The van der Waals surface area contributed by atoms with E-state index in [1.165, 1.54) is 5.56 Å². The predicted octanol–water partition coefficient (Wildman–Crippen LogP) is 3.79. The van der Waals surface area contributed by atoms with Crippen LogP contribution in [0.4, 0.5) is 5.69 Å². The molecule has 0 saturated carbocycles. The number of anilines is 1. The van der Waals surface area contributed by atoms with Gasteiger partial charge in [-0.3, -0.25) is 0 Å². The van der Waals surface area contributed by atoms with Gasteiger partial charge in [0.15, 0.2) is 0 Å². The zero-order valence-electron chi connectivity index (χ0n) is 15.3. The fourth-order valence-electron chi connectivity index (χ4n) is 2.75. The molecule has 0 aliphatic heterocycles. The molecule has 6 heteroatoms. The number of nitrogens with one attached hydrogen (secondary N) is 2. The summed E-state index contributed by atoms with van der Waals surface area (Å²) in [6.07, 6.45) is 6.41. The highest BCUT2D eigenvalue weighted by Gasteiger charge is 2.02. The molecule has 136 valence electrons. The molecule has 0 aliphatic rings. The summed E-state index contributed by atoms with van der Waals surface area (Å²) in [6, 6.07) is 18.3. The summed E-state index contributed by atoms with van der Waals surface area (Å²) in [7, 11) is 0. The number of aryl methyl sites for hydroxylation is 2. The molecule has 0 fully saturated rings. The quantitative estimate of drug-likeness (QED) is 0.304. The normalized spacial score (nSPS) is 11.0. The van der Waals surface area contributed by atoms with Gasteiger partial charge >= 0.3 is 0 Å². The van der Waals surface area contributed by atoms with Gasteiger partial charge < -0.3 is 15.2 Å². The summed E-state index contributed by atoms with van der Waals surface area (Å²) in [5.41, 5.74) is 4.32. The molecule has 2 aromatic carbocycles. The number of aliphatic imine (C=N–C) groups is 1. The van der Waals surface area contributed by atoms with Crippen LogP contribution in [0.2, 0.25) is 0 Å². The summed E-state index contributed by atoms with van der Waals surface area (Å²) < 4.78 is 2.10. The maximum absolute atomic E-state index is 8.92. The lowest BCUT2D eigenvalue weighted by molar-refractivity contribution is 0.619. The minimum Gasteiger partial charge on any atom is -0.355 e. The highest BCUT2D eigenvalue weighted by Crippen LogP contribution is 2.20. The minimum atomic E-state index is 0.451. The third-order valence-electron chi connectivity index (χ3n) is 4.21. The van der Waals surface area contributed by atoms with Crippen molar-refractivity contribution in [3.8, 4) is 17.3 Å². The Morgan fingerprint density at radius 3 is 2.52 bits per heavy atom. The molecular formula is C21H22N6. The number of nitrogens with zero attached hydrogens (tertiary/aromatic N) is 4. The molecule has 0 amide bonds. The van der Waals surface area contributed by atoms with Crippen LogP contribution in [-0.2, 0) is 6.54 Å². The first-order valence-corrected chi connectivity index (χ1v) is 8.86. The van der Waals surface area contributed by atoms with Crippen molar-refractivity contribution in [2.45, 2.75) is 19.9 Å². The van der Waals surface area contributed by atoms with E-state index in [0.29, 0.717) is 12.5 Å². The predicted molar refractivity (Wildman–Crippen MR) is 108 cm³/mol. The van der Waals surface area contributed by atoms with Gasteiger partial charge in [0.25, 0.3) is 0 Å². The Bertz CT molecular complexity index is 919. The average molecular weight is 358 g/mol. The molecule has 3 rings (SSSR count). The highest BCUT2D eigenvalue weighted by atomic mass is 15.2. The van der Waals surface area contributed by atoms with Gasteiger partial charge in [0, 0.05) is 30.7 Å². The third kappa shape index (κ3) is 5.19. The lowest BCUT2D eigenvalue weighted by Gasteiger charge is -2.12. The van der Waals surface area contributed by atoms with Crippen molar-refractivity contribution < 1.29 is 0 Å². The summed E-state index contributed by atoms with van der Waals surface area (Å²) in [4.78, 5) is 7.95. The van der Waals surface area contributed by atoms with Gasteiger partial charge in [0.05, 0.1) is 6.33 Å². The molecule has 0 atom stereocenters. The first-order chi connectivity index (χ1) is 13.3. The lowest BCUT2D eigenvalue weighted by Crippen LogP contribution is -2.31. The first-order valence-electron chi connectivity index (χ1n) is 8.86.